The number of nitro groups is 1. The van der Waals surface area contributed by atoms with Gasteiger partial charge in [-0.25, -0.2) is 0 Å². The Morgan fingerprint density at radius 1 is 1.35 bits per heavy atom. The van der Waals surface area contributed by atoms with E-state index in [2.05, 4.69) is 16.3 Å². The maximum absolute atomic E-state index is 10.5. The van der Waals surface area contributed by atoms with Gasteiger partial charge in [0.1, 0.15) is 12.4 Å². The summed E-state index contributed by atoms with van der Waals surface area (Å²) < 4.78 is 5.57. The monoisotopic (exact) mass is 275 g/mol. The molecular weight excluding hydrogens is 258 g/mol. The molecule has 1 aromatic rings. The lowest BCUT2D eigenvalue weighted by Crippen LogP contribution is -2.42. The molecule has 0 aliphatic carbocycles. The second-order valence-corrected chi connectivity index (χ2v) is 4.44. The third-order valence-corrected chi connectivity index (χ3v) is 3.00. The minimum atomic E-state index is -0.424. The van der Waals surface area contributed by atoms with Gasteiger partial charge in [-0.15, -0.1) is 0 Å². The maximum atomic E-state index is 10.5. The van der Waals surface area contributed by atoms with Gasteiger partial charge in [0.15, 0.2) is 0 Å². The predicted octanol–water partition coefficient (Wildman–Crippen LogP) is 1.90. The van der Waals surface area contributed by atoms with Crippen molar-refractivity contribution < 1.29 is 9.66 Å². The summed E-state index contributed by atoms with van der Waals surface area (Å²) >= 11 is 0. The second kappa shape index (κ2) is 6.72. The fourth-order valence-electron chi connectivity index (χ4n) is 1.82. The van der Waals surface area contributed by atoms with Crippen molar-refractivity contribution >= 4 is 5.69 Å². The van der Waals surface area contributed by atoms with Crippen LogP contribution in [0.25, 0.3) is 0 Å². The minimum Gasteiger partial charge on any atom is -0.492 e. The predicted molar refractivity (Wildman–Crippen MR) is 76.4 cm³/mol. The molecule has 1 unspecified atom stereocenters. The zero-order valence-corrected chi connectivity index (χ0v) is 11.2. The number of allylic oxidation sites excluding steroid dienone is 2. The molecule has 0 radical (unpaired) electrons. The average Bonchev–Trinajstić information content (AvgIpc) is 2.48. The number of nitro benzene ring substituents is 1. The van der Waals surface area contributed by atoms with Gasteiger partial charge < -0.3 is 10.1 Å². The lowest BCUT2D eigenvalue weighted by molar-refractivity contribution is -0.384. The van der Waals surface area contributed by atoms with Gasteiger partial charge in [0.05, 0.1) is 11.1 Å². The van der Waals surface area contributed by atoms with Crippen LogP contribution in [-0.4, -0.2) is 36.2 Å². The number of dihydropyridines is 1. The SMILES string of the molecule is CN(CCOc1ccc([N+](=O)[O-])cc1)C1C=CC=CN1. The van der Waals surface area contributed by atoms with Crippen molar-refractivity contribution in [3.05, 3.63) is 58.8 Å². The molecule has 0 saturated carbocycles. The Hall–Kier alpha value is -2.34. The Balaban J connectivity index is 1.76. The molecule has 1 aliphatic heterocycles. The Kier molecular flexibility index (Phi) is 4.73. The third kappa shape index (κ3) is 3.83. The first-order valence-electron chi connectivity index (χ1n) is 6.34. The number of hydrogen-bond donors (Lipinski definition) is 1. The minimum absolute atomic E-state index is 0.0674. The summed E-state index contributed by atoms with van der Waals surface area (Å²) in [5.74, 6) is 0.635. The van der Waals surface area contributed by atoms with E-state index in [1.54, 1.807) is 12.1 Å². The molecule has 0 bridgehead atoms. The molecule has 0 fully saturated rings. The normalized spacial score (nSPS) is 17.0. The van der Waals surface area contributed by atoms with E-state index in [-0.39, 0.29) is 11.9 Å². The number of hydrogen-bond acceptors (Lipinski definition) is 5. The molecule has 1 N–H and O–H groups in total. The van der Waals surface area contributed by atoms with Crippen molar-refractivity contribution in [1.29, 1.82) is 0 Å². The smallest absolute Gasteiger partial charge is 0.269 e. The zero-order chi connectivity index (χ0) is 14.4. The molecule has 0 spiro atoms. The van der Waals surface area contributed by atoms with Crippen LogP contribution in [0, 0.1) is 10.1 Å². The molecule has 0 aromatic heterocycles. The Morgan fingerprint density at radius 3 is 2.70 bits per heavy atom. The number of nitrogens with one attached hydrogen (secondary N) is 1. The van der Waals surface area contributed by atoms with Gasteiger partial charge in [0.2, 0.25) is 0 Å². The summed E-state index contributed by atoms with van der Waals surface area (Å²) in [6.07, 6.45) is 8.07. The Labute approximate surface area is 117 Å². The second-order valence-electron chi connectivity index (χ2n) is 4.44. The molecule has 0 saturated heterocycles. The van der Waals surface area contributed by atoms with E-state index in [0.717, 1.165) is 6.54 Å². The molecule has 0 amide bonds. The summed E-state index contributed by atoms with van der Waals surface area (Å²) in [6.45, 7) is 1.26. The van der Waals surface area contributed by atoms with Crippen LogP contribution in [0.2, 0.25) is 0 Å². The number of ether oxygens (including phenoxy) is 1. The molecule has 106 valence electrons. The lowest BCUT2D eigenvalue weighted by Gasteiger charge is -2.26. The van der Waals surface area contributed by atoms with Gasteiger partial charge in [-0.05, 0) is 37.5 Å². The van der Waals surface area contributed by atoms with Crippen LogP contribution in [0.15, 0.2) is 48.7 Å². The number of non-ortho nitro benzene ring substituents is 1. The fourth-order valence-corrected chi connectivity index (χ4v) is 1.82. The van der Waals surface area contributed by atoms with Crippen molar-refractivity contribution in [1.82, 2.24) is 10.2 Å². The standard InChI is InChI=1S/C14H17N3O3/c1-16(14-4-2-3-9-15-14)10-11-20-13-7-5-12(6-8-13)17(18)19/h2-9,14-15H,10-11H2,1H3. The quantitative estimate of drug-likeness (QED) is 0.634. The molecular formula is C14H17N3O3. The zero-order valence-electron chi connectivity index (χ0n) is 11.2. The van der Waals surface area contributed by atoms with E-state index in [0.29, 0.717) is 12.4 Å². The Bertz CT molecular complexity index is 511. The van der Waals surface area contributed by atoms with E-state index in [1.807, 2.05) is 25.4 Å². The number of nitrogens with zero attached hydrogens (tertiary/aromatic N) is 2. The van der Waals surface area contributed by atoms with E-state index < -0.39 is 4.92 Å². The van der Waals surface area contributed by atoms with E-state index in [4.69, 9.17) is 4.74 Å². The van der Waals surface area contributed by atoms with Gasteiger partial charge in [-0.1, -0.05) is 6.08 Å². The maximum Gasteiger partial charge on any atom is 0.269 e. The number of benzene rings is 1. The van der Waals surface area contributed by atoms with Crippen molar-refractivity contribution in [3.8, 4) is 5.75 Å². The first-order valence-corrected chi connectivity index (χ1v) is 6.34. The molecule has 1 atom stereocenters. The van der Waals surface area contributed by atoms with E-state index in [1.165, 1.54) is 12.1 Å². The molecule has 20 heavy (non-hydrogen) atoms. The van der Waals surface area contributed by atoms with Crippen LogP contribution >= 0.6 is 0 Å². The van der Waals surface area contributed by atoms with Crippen molar-refractivity contribution in [3.63, 3.8) is 0 Å². The third-order valence-electron chi connectivity index (χ3n) is 3.00. The van der Waals surface area contributed by atoms with Crippen molar-refractivity contribution in [2.24, 2.45) is 0 Å². The Morgan fingerprint density at radius 2 is 2.10 bits per heavy atom. The average molecular weight is 275 g/mol. The summed E-state index contributed by atoms with van der Waals surface area (Å²) in [5, 5.41) is 13.7. The lowest BCUT2D eigenvalue weighted by atomic mass is 10.3. The highest BCUT2D eigenvalue weighted by Gasteiger charge is 2.10. The van der Waals surface area contributed by atoms with Gasteiger partial charge >= 0.3 is 0 Å². The van der Waals surface area contributed by atoms with Gasteiger partial charge in [-0.2, -0.15) is 0 Å². The van der Waals surface area contributed by atoms with Crippen molar-refractivity contribution in [2.75, 3.05) is 20.2 Å². The highest BCUT2D eigenvalue weighted by molar-refractivity contribution is 5.35. The van der Waals surface area contributed by atoms with Crippen LogP contribution in [0.3, 0.4) is 0 Å². The summed E-state index contributed by atoms with van der Waals surface area (Å²) in [6, 6.07) is 6.10. The van der Waals surface area contributed by atoms with Crippen molar-refractivity contribution in [2.45, 2.75) is 6.17 Å². The molecule has 1 aromatic carbocycles. The molecule has 1 heterocycles. The number of rotatable bonds is 6. The highest BCUT2D eigenvalue weighted by atomic mass is 16.6. The molecule has 1 aliphatic rings. The van der Waals surface area contributed by atoms with Crippen LogP contribution in [0.1, 0.15) is 0 Å². The number of likely N-dealkylation sites (N-methyl/N-ethyl adjacent to an activating group) is 1. The van der Waals surface area contributed by atoms with Gasteiger partial charge in [-0.3, -0.25) is 15.0 Å². The van der Waals surface area contributed by atoms with E-state index in [9.17, 15) is 10.1 Å². The van der Waals surface area contributed by atoms with Gasteiger partial charge in [0, 0.05) is 18.7 Å². The van der Waals surface area contributed by atoms with Crippen LogP contribution in [0.4, 0.5) is 5.69 Å². The summed E-state index contributed by atoms with van der Waals surface area (Å²) in [7, 11) is 2.00. The molecule has 6 heteroatoms. The van der Waals surface area contributed by atoms with Crippen LogP contribution in [-0.2, 0) is 0 Å². The largest absolute Gasteiger partial charge is 0.492 e. The van der Waals surface area contributed by atoms with E-state index >= 15 is 0 Å². The topological polar surface area (TPSA) is 67.6 Å². The summed E-state index contributed by atoms with van der Waals surface area (Å²) in [4.78, 5) is 12.2. The van der Waals surface area contributed by atoms with Crippen LogP contribution in [0.5, 0.6) is 5.75 Å². The molecule has 6 nitrogen and oxygen atoms in total. The van der Waals surface area contributed by atoms with Gasteiger partial charge in [0.25, 0.3) is 5.69 Å². The first kappa shape index (κ1) is 14.1. The fraction of sp³-hybridized carbons (Fsp3) is 0.286. The van der Waals surface area contributed by atoms with Crippen LogP contribution < -0.4 is 10.1 Å². The molecule has 2 rings (SSSR count). The summed E-state index contributed by atoms with van der Waals surface area (Å²) in [5.41, 5.74) is 0.0674. The first-order chi connectivity index (χ1) is 9.66. The highest BCUT2D eigenvalue weighted by Crippen LogP contribution is 2.17.